The van der Waals surface area contributed by atoms with Crippen molar-refractivity contribution >= 4 is 0 Å². The van der Waals surface area contributed by atoms with Crippen molar-refractivity contribution in [2.45, 2.75) is 58.3 Å². The molecule has 1 aromatic carbocycles. The highest BCUT2D eigenvalue weighted by atomic mass is 14.2. The van der Waals surface area contributed by atoms with Gasteiger partial charge in [-0.2, -0.15) is 0 Å². The minimum atomic E-state index is 0.928. The van der Waals surface area contributed by atoms with E-state index < -0.39 is 0 Å². The summed E-state index contributed by atoms with van der Waals surface area (Å²) in [6, 6.07) is 9.22. The van der Waals surface area contributed by atoms with Crippen molar-refractivity contribution in [1.82, 2.24) is 0 Å². The second kappa shape index (κ2) is 7.53. The Kier molecular flexibility index (Phi) is 5.69. The molecule has 0 aliphatic heterocycles. The zero-order valence-electron chi connectivity index (χ0n) is 12.4. The standard InChI is InChI=1S/C19H28/c1-3-5-17-10-12-19(13-11-17)15-14-18-8-6-16(4-2)7-9-18/h3,6-9,17,19H,1,4-5,10-15H2,2H3/t17-,19-. The van der Waals surface area contributed by atoms with Crippen molar-refractivity contribution in [1.29, 1.82) is 0 Å². The van der Waals surface area contributed by atoms with Gasteiger partial charge in [-0.15, -0.1) is 6.58 Å². The maximum Gasteiger partial charge on any atom is -0.0276 e. The van der Waals surface area contributed by atoms with Crippen LogP contribution in [0.5, 0.6) is 0 Å². The van der Waals surface area contributed by atoms with Crippen LogP contribution in [-0.2, 0) is 12.8 Å². The Morgan fingerprint density at radius 1 is 1.00 bits per heavy atom. The quantitative estimate of drug-likeness (QED) is 0.584. The fourth-order valence-corrected chi connectivity index (χ4v) is 3.30. The number of hydrogen-bond donors (Lipinski definition) is 0. The summed E-state index contributed by atoms with van der Waals surface area (Å²) in [6.45, 7) is 6.08. The molecule has 0 spiro atoms. The number of rotatable bonds is 6. The molecule has 0 amide bonds. The van der Waals surface area contributed by atoms with Gasteiger partial charge in [0.05, 0.1) is 0 Å². The largest absolute Gasteiger partial charge is 0.103 e. The SMILES string of the molecule is C=CC[C@H]1CC[C@H](CCc2ccc(CC)cc2)CC1. The van der Waals surface area contributed by atoms with Crippen LogP contribution in [0.4, 0.5) is 0 Å². The fraction of sp³-hybridized carbons (Fsp3) is 0.579. The molecule has 0 bridgehead atoms. The molecule has 1 aromatic rings. The average molecular weight is 256 g/mol. The van der Waals surface area contributed by atoms with Gasteiger partial charge >= 0.3 is 0 Å². The van der Waals surface area contributed by atoms with E-state index in [0.717, 1.165) is 18.3 Å². The molecule has 104 valence electrons. The summed E-state index contributed by atoms with van der Waals surface area (Å²) in [7, 11) is 0. The first-order chi connectivity index (χ1) is 9.31. The Morgan fingerprint density at radius 3 is 2.16 bits per heavy atom. The van der Waals surface area contributed by atoms with E-state index in [2.05, 4.69) is 43.8 Å². The van der Waals surface area contributed by atoms with Crippen LogP contribution in [0.2, 0.25) is 0 Å². The van der Waals surface area contributed by atoms with E-state index in [1.807, 2.05) is 0 Å². The number of allylic oxidation sites excluding steroid dienone is 1. The summed E-state index contributed by atoms with van der Waals surface area (Å²) in [5, 5.41) is 0. The second-order valence-corrected chi connectivity index (χ2v) is 6.12. The van der Waals surface area contributed by atoms with Crippen LogP contribution in [0.15, 0.2) is 36.9 Å². The number of hydrogen-bond acceptors (Lipinski definition) is 0. The minimum Gasteiger partial charge on any atom is -0.103 e. The molecule has 2 rings (SSSR count). The molecule has 0 atom stereocenters. The van der Waals surface area contributed by atoms with E-state index in [1.165, 1.54) is 56.1 Å². The van der Waals surface area contributed by atoms with Crippen molar-refractivity contribution in [3.8, 4) is 0 Å². The highest BCUT2D eigenvalue weighted by molar-refractivity contribution is 5.22. The Hall–Kier alpha value is -1.04. The zero-order chi connectivity index (χ0) is 13.5. The summed E-state index contributed by atoms with van der Waals surface area (Å²) >= 11 is 0. The topological polar surface area (TPSA) is 0 Å². The molecule has 0 unspecified atom stereocenters. The van der Waals surface area contributed by atoms with E-state index in [-0.39, 0.29) is 0 Å². The Morgan fingerprint density at radius 2 is 1.58 bits per heavy atom. The smallest absolute Gasteiger partial charge is 0.0276 e. The van der Waals surface area contributed by atoms with Gasteiger partial charge in [0.15, 0.2) is 0 Å². The van der Waals surface area contributed by atoms with Gasteiger partial charge in [-0.25, -0.2) is 0 Å². The molecule has 0 saturated heterocycles. The molecule has 19 heavy (non-hydrogen) atoms. The van der Waals surface area contributed by atoms with Crippen LogP contribution in [-0.4, -0.2) is 0 Å². The van der Waals surface area contributed by atoms with Crippen molar-refractivity contribution < 1.29 is 0 Å². The zero-order valence-corrected chi connectivity index (χ0v) is 12.4. The van der Waals surface area contributed by atoms with Crippen LogP contribution in [0, 0.1) is 11.8 Å². The Bertz CT molecular complexity index is 366. The van der Waals surface area contributed by atoms with Crippen LogP contribution in [0.3, 0.4) is 0 Å². The molecule has 0 aromatic heterocycles. The maximum atomic E-state index is 3.86. The normalized spacial score (nSPS) is 23.2. The summed E-state index contributed by atoms with van der Waals surface area (Å²) in [4.78, 5) is 0. The van der Waals surface area contributed by atoms with E-state index in [9.17, 15) is 0 Å². The van der Waals surface area contributed by atoms with Gasteiger partial charge in [0.25, 0.3) is 0 Å². The maximum absolute atomic E-state index is 3.86. The molecule has 0 heteroatoms. The first kappa shape index (κ1) is 14.4. The monoisotopic (exact) mass is 256 g/mol. The Balaban J connectivity index is 1.72. The van der Waals surface area contributed by atoms with Crippen molar-refractivity contribution in [2.24, 2.45) is 11.8 Å². The van der Waals surface area contributed by atoms with Gasteiger partial charge in [-0.3, -0.25) is 0 Å². The van der Waals surface area contributed by atoms with Gasteiger partial charge in [0.1, 0.15) is 0 Å². The summed E-state index contributed by atoms with van der Waals surface area (Å²) in [6.07, 6.45) is 12.8. The van der Waals surface area contributed by atoms with E-state index >= 15 is 0 Å². The molecule has 0 heterocycles. The lowest BCUT2D eigenvalue weighted by atomic mass is 9.78. The van der Waals surface area contributed by atoms with Crippen LogP contribution in [0.1, 0.15) is 56.6 Å². The molecule has 0 nitrogen and oxygen atoms in total. The molecule has 1 fully saturated rings. The summed E-state index contributed by atoms with van der Waals surface area (Å²) in [5.74, 6) is 1.89. The molecule has 1 aliphatic rings. The lowest BCUT2D eigenvalue weighted by Crippen LogP contribution is -2.14. The minimum absolute atomic E-state index is 0.928. The second-order valence-electron chi connectivity index (χ2n) is 6.12. The summed E-state index contributed by atoms with van der Waals surface area (Å²) in [5.41, 5.74) is 2.97. The van der Waals surface area contributed by atoms with Crippen LogP contribution in [0.25, 0.3) is 0 Å². The van der Waals surface area contributed by atoms with Crippen molar-refractivity contribution in [3.05, 3.63) is 48.0 Å². The van der Waals surface area contributed by atoms with Gasteiger partial charge < -0.3 is 0 Å². The predicted octanol–water partition coefficient (Wildman–Crippen LogP) is 5.56. The van der Waals surface area contributed by atoms with Gasteiger partial charge in [0, 0.05) is 0 Å². The van der Waals surface area contributed by atoms with Gasteiger partial charge in [-0.05, 0) is 61.5 Å². The van der Waals surface area contributed by atoms with Gasteiger partial charge in [-0.1, -0.05) is 50.1 Å². The van der Waals surface area contributed by atoms with E-state index in [1.54, 1.807) is 0 Å². The van der Waals surface area contributed by atoms with Crippen molar-refractivity contribution in [2.75, 3.05) is 0 Å². The highest BCUT2D eigenvalue weighted by Gasteiger charge is 2.19. The van der Waals surface area contributed by atoms with E-state index in [0.29, 0.717) is 0 Å². The third kappa shape index (κ3) is 4.53. The number of benzene rings is 1. The third-order valence-corrected chi connectivity index (χ3v) is 4.74. The lowest BCUT2D eigenvalue weighted by Gasteiger charge is -2.27. The van der Waals surface area contributed by atoms with Crippen molar-refractivity contribution in [3.63, 3.8) is 0 Å². The van der Waals surface area contributed by atoms with Crippen LogP contribution < -0.4 is 0 Å². The molecule has 0 radical (unpaired) electrons. The lowest BCUT2D eigenvalue weighted by molar-refractivity contribution is 0.265. The first-order valence-electron chi connectivity index (χ1n) is 8.00. The fourth-order valence-electron chi connectivity index (χ4n) is 3.30. The van der Waals surface area contributed by atoms with Gasteiger partial charge in [0.2, 0.25) is 0 Å². The van der Waals surface area contributed by atoms with E-state index in [4.69, 9.17) is 0 Å². The first-order valence-corrected chi connectivity index (χ1v) is 8.00. The highest BCUT2D eigenvalue weighted by Crippen LogP contribution is 2.33. The predicted molar refractivity (Wildman–Crippen MR) is 84.4 cm³/mol. The molecule has 0 N–H and O–H groups in total. The average Bonchev–Trinajstić information content (AvgIpc) is 2.47. The molecule has 1 saturated carbocycles. The van der Waals surface area contributed by atoms with Crippen LogP contribution >= 0.6 is 0 Å². The third-order valence-electron chi connectivity index (χ3n) is 4.74. The summed E-state index contributed by atoms with van der Waals surface area (Å²) < 4.78 is 0. The molecular weight excluding hydrogens is 228 g/mol. The Labute approximate surface area is 118 Å². The molecule has 1 aliphatic carbocycles. The number of aryl methyl sites for hydroxylation is 2. The molecular formula is C19H28.